The highest BCUT2D eigenvalue weighted by Gasteiger charge is 2.48. The van der Waals surface area contributed by atoms with Crippen molar-refractivity contribution in [3.63, 3.8) is 0 Å². The number of amides is 1. The molecule has 0 aromatic heterocycles. The van der Waals surface area contributed by atoms with Gasteiger partial charge in [-0.1, -0.05) is 19.3 Å². The molecule has 1 saturated heterocycles. The summed E-state index contributed by atoms with van der Waals surface area (Å²) in [6.07, 6.45) is 13.7. The second-order valence-electron chi connectivity index (χ2n) is 10.2. The molecule has 2 N–H and O–H groups in total. The van der Waals surface area contributed by atoms with Crippen LogP contribution in [0.3, 0.4) is 0 Å². The molecule has 5 saturated carbocycles. The number of nitrogens with one attached hydrogen (secondary N) is 2. The molecular formula is C22H35N3OS. The van der Waals surface area contributed by atoms with E-state index in [0.29, 0.717) is 17.7 Å². The average molecular weight is 390 g/mol. The molecule has 0 radical (unpaired) electrons. The van der Waals surface area contributed by atoms with Crippen molar-refractivity contribution in [1.29, 1.82) is 0 Å². The Hall–Kier alpha value is -0.840. The van der Waals surface area contributed by atoms with Gasteiger partial charge in [0.1, 0.15) is 0 Å². The summed E-state index contributed by atoms with van der Waals surface area (Å²) in [5.74, 6) is 5.43. The SMILES string of the molecule is O=C(CNC(=S)NC1C2CC3CC(C2)CC1C3)N1CCC2CCCCC2C1. The van der Waals surface area contributed by atoms with Gasteiger partial charge in [0, 0.05) is 19.1 Å². The molecule has 150 valence electrons. The number of likely N-dealkylation sites (tertiary alicyclic amines) is 1. The Balaban J connectivity index is 1.09. The lowest BCUT2D eigenvalue weighted by Gasteiger charge is -2.54. The maximum atomic E-state index is 12.7. The quantitative estimate of drug-likeness (QED) is 0.727. The first kappa shape index (κ1) is 18.2. The lowest BCUT2D eigenvalue weighted by Crippen LogP contribution is -2.58. The number of rotatable bonds is 3. The van der Waals surface area contributed by atoms with Gasteiger partial charge in [0.2, 0.25) is 5.91 Å². The van der Waals surface area contributed by atoms with E-state index < -0.39 is 0 Å². The van der Waals surface area contributed by atoms with Crippen LogP contribution in [-0.4, -0.2) is 41.6 Å². The minimum Gasteiger partial charge on any atom is -0.359 e. The van der Waals surface area contributed by atoms with Gasteiger partial charge in [0.05, 0.1) is 6.54 Å². The zero-order valence-corrected chi connectivity index (χ0v) is 17.3. The van der Waals surface area contributed by atoms with Crippen LogP contribution in [0.4, 0.5) is 0 Å². The second-order valence-corrected chi connectivity index (χ2v) is 10.6. The molecular weight excluding hydrogens is 354 g/mol. The van der Waals surface area contributed by atoms with Crippen molar-refractivity contribution in [2.24, 2.45) is 35.5 Å². The van der Waals surface area contributed by atoms with Gasteiger partial charge in [-0.2, -0.15) is 0 Å². The standard InChI is InChI=1S/C22H35N3OS/c26-20(25-6-5-16-3-1-2-4-17(16)13-25)12-23-22(27)24-21-18-8-14-7-15(10-18)11-19(21)9-14/h14-19,21H,1-13H2,(H2,23,24,27). The van der Waals surface area contributed by atoms with Crippen molar-refractivity contribution in [2.45, 2.75) is 70.3 Å². The predicted octanol–water partition coefficient (Wildman–Crippen LogP) is 3.31. The summed E-state index contributed by atoms with van der Waals surface area (Å²) in [5.41, 5.74) is 0. The third kappa shape index (κ3) is 3.73. The maximum absolute atomic E-state index is 12.7. The Morgan fingerprint density at radius 2 is 1.56 bits per heavy atom. The molecule has 6 fully saturated rings. The fraction of sp³-hybridized carbons (Fsp3) is 0.909. The molecule has 2 atom stereocenters. The smallest absolute Gasteiger partial charge is 0.241 e. The van der Waals surface area contributed by atoms with Crippen LogP contribution in [0.15, 0.2) is 0 Å². The lowest BCUT2D eigenvalue weighted by atomic mass is 9.54. The van der Waals surface area contributed by atoms with Gasteiger partial charge in [-0.05, 0) is 92.7 Å². The van der Waals surface area contributed by atoms with E-state index in [1.54, 1.807) is 0 Å². The Bertz CT molecular complexity index is 566. The monoisotopic (exact) mass is 389 g/mol. The van der Waals surface area contributed by atoms with Crippen molar-refractivity contribution >= 4 is 23.2 Å². The number of carbonyl (C=O) groups is 1. The zero-order valence-electron chi connectivity index (χ0n) is 16.5. The molecule has 0 aromatic rings. The maximum Gasteiger partial charge on any atom is 0.241 e. The summed E-state index contributed by atoms with van der Waals surface area (Å²) < 4.78 is 0. The Labute approximate surface area is 169 Å². The van der Waals surface area contributed by atoms with Crippen LogP contribution in [0.5, 0.6) is 0 Å². The molecule has 6 aliphatic rings. The Morgan fingerprint density at radius 1 is 0.889 bits per heavy atom. The van der Waals surface area contributed by atoms with Crippen LogP contribution in [0.2, 0.25) is 0 Å². The molecule has 2 unspecified atom stereocenters. The van der Waals surface area contributed by atoms with E-state index in [-0.39, 0.29) is 5.91 Å². The number of hydrogen-bond acceptors (Lipinski definition) is 2. The number of fused-ring (bicyclic) bond motifs is 1. The fourth-order valence-electron chi connectivity index (χ4n) is 7.46. The van der Waals surface area contributed by atoms with Crippen LogP contribution < -0.4 is 10.6 Å². The molecule has 27 heavy (non-hydrogen) atoms. The Kier molecular flexibility index (Phi) is 5.08. The van der Waals surface area contributed by atoms with Crippen LogP contribution >= 0.6 is 12.2 Å². The highest BCUT2D eigenvalue weighted by atomic mass is 32.1. The summed E-state index contributed by atoms with van der Waals surface area (Å²) in [7, 11) is 0. The summed E-state index contributed by atoms with van der Waals surface area (Å²) in [4.78, 5) is 14.8. The molecule has 4 nitrogen and oxygen atoms in total. The second kappa shape index (κ2) is 7.53. The van der Waals surface area contributed by atoms with E-state index >= 15 is 0 Å². The van der Waals surface area contributed by atoms with Gasteiger partial charge in [-0.25, -0.2) is 0 Å². The van der Waals surface area contributed by atoms with Crippen LogP contribution in [-0.2, 0) is 4.79 Å². The van der Waals surface area contributed by atoms with Gasteiger partial charge in [-0.15, -0.1) is 0 Å². The van der Waals surface area contributed by atoms with E-state index in [1.807, 2.05) is 0 Å². The molecule has 0 aromatic carbocycles. The number of nitrogens with zero attached hydrogens (tertiary/aromatic N) is 1. The van der Waals surface area contributed by atoms with Crippen molar-refractivity contribution in [2.75, 3.05) is 19.6 Å². The highest BCUT2D eigenvalue weighted by molar-refractivity contribution is 7.80. The fourth-order valence-corrected chi connectivity index (χ4v) is 7.67. The van der Waals surface area contributed by atoms with Gasteiger partial charge in [0.15, 0.2) is 5.11 Å². The third-order valence-corrected chi connectivity index (χ3v) is 8.83. The molecule has 1 amide bonds. The van der Waals surface area contributed by atoms with Crippen molar-refractivity contribution in [3.8, 4) is 0 Å². The first-order valence-electron chi connectivity index (χ1n) is 11.5. The van der Waals surface area contributed by atoms with E-state index in [1.165, 1.54) is 64.2 Å². The molecule has 1 aliphatic heterocycles. The molecule has 6 rings (SSSR count). The zero-order chi connectivity index (χ0) is 18.4. The lowest BCUT2D eigenvalue weighted by molar-refractivity contribution is -0.133. The highest BCUT2D eigenvalue weighted by Crippen LogP contribution is 2.53. The van der Waals surface area contributed by atoms with E-state index in [4.69, 9.17) is 12.2 Å². The van der Waals surface area contributed by atoms with Crippen molar-refractivity contribution in [1.82, 2.24) is 15.5 Å². The largest absolute Gasteiger partial charge is 0.359 e. The normalized spacial score (nSPS) is 42.5. The number of thiocarbonyl (C=S) groups is 1. The minimum absolute atomic E-state index is 0.230. The van der Waals surface area contributed by atoms with Gasteiger partial charge < -0.3 is 15.5 Å². The average Bonchev–Trinajstić information content (AvgIpc) is 2.68. The number of hydrogen-bond donors (Lipinski definition) is 2. The van der Waals surface area contributed by atoms with Gasteiger partial charge in [0.25, 0.3) is 0 Å². The molecule has 0 spiro atoms. The summed E-state index contributed by atoms with van der Waals surface area (Å²) in [6.45, 7) is 2.27. The van der Waals surface area contributed by atoms with E-state index in [9.17, 15) is 4.79 Å². The minimum atomic E-state index is 0.230. The van der Waals surface area contributed by atoms with Crippen LogP contribution in [0.25, 0.3) is 0 Å². The first-order valence-corrected chi connectivity index (χ1v) is 11.9. The summed E-state index contributed by atoms with van der Waals surface area (Å²) in [6, 6.07) is 0.547. The first-order chi connectivity index (χ1) is 13.2. The molecule has 5 aliphatic carbocycles. The Morgan fingerprint density at radius 3 is 2.26 bits per heavy atom. The topological polar surface area (TPSA) is 44.4 Å². The molecule has 4 bridgehead atoms. The number of piperidine rings is 1. The van der Waals surface area contributed by atoms with Gasteiger partial charge >= 0.3 is 0 Å². The van der Waals surface area contributed by atoms with E-state index in [2.05, 4.69) is 15.5 Å². The van der Waals surface area contributed by atoms with Crippen LogP contribution in [0.1, 0.15) is 64.2 Å². The summed E-state index contributed by atoms with van der Waals surface area (Å²) in [5, 5.41) is 7.56. The molecule has 1 heterocycles. The van der Waals surface area contributed by atoms with E-state index in [0.717, 1.165) is 48.6 Å². The number of carbonyl (C=O) groups excluding carboxylic acids is 1. The molecule has 5 heteroatoms. The van der Waals surface area contributed by atoms with Crippen LogP contribution in [0, 0.1) is 35.5 Å². The summed E-state index contributed by atoms with van der Waals surface area (Å²) >= 11 is 5.57. The predicted molar refractivity (Wildman–Crippen MR) is 111 cm³/mol. The van der Waals surface area contributed by atoms with Crippen molar-refractivity contribution < 1.29 is 4.79 Å². The van der Waals surface area contributed by atoms with Crippen molar-refractivity contribution in [3.05, 3.63) is 0 Å². The van der Waals surface area contributed by atoms with Gasteiger partial charge in [-0.3, -0.25) is 4.79 Å². The third-order valence-electron chi connectivity index (χ3n) is 8.57.